The number of fused-ring (bicyclic) bond motifs is 1. The molecule has 2 amide bonds. The number of carbonyl (C=O) groups is 2. The molecular weight excluding hydrogens is 591 g/mol. The number of ether oxygens (including phenoxy) is 1. The van der Waals surface area contributed by atoms with Crippen LogP contribution in [0, 0.1) is 11.3 Å². The van der Waals surface area contributed by atoms with E-state index < -0.39 is 19.9 Å². The van der Waals surface area contributed by atoms with Crippen molar-refractivity contribution in [1.29, 1.82) is 5.41 Å². The number of benzene rings is 1. The monoisotopic (exact) mass is 635 g/mol. The Bertz CT molecular complexity index is 1510. The lowest BCUT2D eigenvalue weighted by molar-refractivity contribution is -0.146. The maximum Gasteiger partial charge on any atom is 0.314 e. The first-order valence-electron chi connectivity index (χ1n) is 15.5. The third-order valence-electron chi connectivity index (χ3n) is 8.55. The highest BCUT2D eigenvalue weighted by atomic mass is 32.1. The molecule has 236 valence electrons. The summed E-state index contributed by atoms with van der Waals surface area (Å²) in [6.45, 7) is 12.5. The van der Waals surface area contributed by atoms with Crippen LogP contribution in [0.15, 0.2) is 30.6 Å². The lowest BCUT2D eigenvalue weighted by Crippen LogP contribution is -2.46. The van der Waals surface area contributed by atoms with E-state index >= 15 is 0 Å². The van der Waals surface area contributed by atoms with Crippen molar-refractivity contribution in [3.05, 3.63) is 46.7 Å². The summed E-state index contributed by atoms with van der Waals surface area (Å²) in [6, 6.07) is 7.13. The van der Waals surface area contributed by atoms with Gasteiger partial charge >= 0.3 is 11.8 Å². The molecule has 1 aromatic carbocycles. The average Bonchev–Trinajstić information content (AvgIpc) is 3.62. The average molecular weight is 636 g/mol. The normalized spacial score (nSPS) is 21.0. The van der Waals surface area contributed by atoms with Crippen LogP contribution in [0.4, 0.5) is 11.4 Å². The van der Waals surface area contributed by atoms with Crippen molar-refractivity contribution < 1.29 is 14.3 Å². The fraction of sp³-hybridized carbons (Fsp3) is 0.531. The molecule has 2 aliphatic rings. The first kappa shape index (κ1) is 32.2. The standard InChI is InChI=1S/C32H45N7O3SSi/c1-21-6-8-27(22-7-9-28-25(14-22)37-31(43-28)23-10-11-38(2)19-23)39(18-21)32(41)30(40)36-26-17-34-16-24(15-33)29(26)35-20-42-12-13-44(3,4)5/h7,9,14-17,21,23,27,33H,6,8,10-13,18-20H2,1-5H3,(H,34,35)(H,36,40)/t21-,23?,27?/m0/s1. The van der Waals surface area contributed by atoms with Gasteiger partial charge < -0.3 is 30.6 Å². The number of pyridine rings is 1. The Morgan fingerprint density at radius 2 is 2.00 bits per heavy atom. The predicted octanol–water partition coefficient (Wildman–Crippen LogP) is 5.77. The van der Waals surface area contributed by atoms with Crippen molar-refractivity contribution >= 4 is 59.0 Å². The molecule has 0 spiro atoms. The lowest BCUT2D eigenvalue weighted by Gasteiger charge is -2.38. The third kappa shape index (κ3) is 7.71. The fourth-order valence-electron chi connectivity index (χ4n) is 5.96. The lowest BCUT2D eigenvalue weighted by atomic mass is 9.89. The van der Waals surface area contributed by atoms with Gasteiger partial charge in [0.05, 0.1) is 38.8 Å². The highest BCUT2D eigenvalue weighted by Gasteiger charge is 2.35. The van der Waals surface area contributed by atoms with Crippen molar-refractivity contribution in [2.45, 2.75) is 63.8 Å². The number of nitrogens with zero attached hydrogens (tertiary/aromatic N) is 4. The molecule has 4 heterocycles. The van der Waals surface area contributed by atoms with Crippen molar-refractivity contribution in [1.82, 2.24) is 19.8 Å². The van der Waals surface area contributed by atoms with E-state index in [-0.39, 0.29) is 18.7 Å². The van der Waals surface area contributed by atoms with Crippen LogP contribution in [0.2, 0.25) is 25.7 Å². The topological polar surface area (TPSA) is 124 Å². The minimum Gasteiger partial charge on any atom is -0.362 e. The molecule has 0 aliphatic carbocycles. The van der Waals surface area contributed by atoms with Gasteiger partial charge in [-0.3, -0.25) is 14.6 Å². The van der Waals surface area contributed by atoms with Gasteiger partial charge in [0.25, 0.3) is 0 Å². The molecule has 0 radical (unpaired) electrons. The summed E-state index contributed by atoms with van der Waals surface area (Å²) in [7, 11) is 0.928. The number of carbonyl (C=O) groups excluding carboxylic acids is 2. The smallest absolute Gasteiger partial charge is 0.314 e. The Morgan fingerprint density at radius 3 is 2.73 bits per heavy atom. The Hall–Kier alpha value is -3.19. The van der Waals surface area contributed by atoms with Gasteiger partial charge in [-0.1, -0.05) is 32.6 Å². The van der Waals surface area contributed by atoms with E-state index in [4.69, 9.17) is 15.1 Å². The van der Waals surface area contributed by atoms with Crippen molar-refractivity contribution in [2.75, 3.05) is 50.7 Å². The zero-order valence-corrected chi connectivity index (χ0v) is 28.3. The third-order valence-corrected chi connectivity index (χ3v) is 11.5. The van der Waals surface area contributed by atoms with Gasteiger partial charge in [-0.2, -0.15) is 0 Å². The van der Waals surface area contributed by atoms with E-state index in [1.807, 2.05) is 0 Å². The number of likely N-dealkylation sites (tertiary alicyclic amines) is 2. The van der Waals surface area contributed by atoms with E-state index in [0.29, 0.717) is 36.0 Å². The number of hydrogen-bond donors (Lipinski definition) is 3. The minimum absolute atomic E-state index is 0.208. The molecule has 2 unspecified atom stereocenters. The second kappa shape index (κ2) is 13.8. The number of hydrogen-bond acceptors (Lipinski definition) is 9. The summed E-state index contributed by atoms with van der Waals surface area (Å²) in [5.41, 5.74) is 3.31. The Balaban J connectivity index is 1.31. The maximum absolute atomic E-state index is 13.8. The van der Waals surface area contributed by atoms with E-state index in [1.54, 1.807) is 22.4 Å². The summed E-state index contributed by atoms with van der Waals surface area (Å²) in [6.07, 6.45) is 7.09. The predicted molar refractivity (Wildman–Crippen MR) is 181 cm³/mol. The van der Waals surface area contributed by atoms with Crippen LogP contribution in [-0.4, -0.2) is 85.9 Å². The molecule has 0 bridgehead atoms. The Kier molecular flexibility index (Phi) is 10.1. The van der Waals surface area contributed by atoms with Gasteiger partial charge in [-0.25, -0.2) is 4.98 Å². The number of thiazole rings is 1. The van der Waals surface area contributed by atoms with Crippen LogP contribution in [0.3, 0.4) is 0 Å². The van der Waals surface area contributed by atoms with Gasteiger partial charge in [-0.05, 0) is 62.5 Å². The van der Waals surface area contributed by atoms with Gasteiger partial charge in [0, 0.05) is 51.7 Å². The first-order valence-corrected chi connectivity index (χ1v) is 20.1. The number of rotatable bonds is 10. The van der Waals surface area contributed by atoms with E-state index in [1.165, 1.54) is 17.4 Å². The van der Waals surface area contributed by atoms with Crippen molar-refractivity contribution in [2.24, 2.45) is 5.92 Å². The van der Waals surface area contributed by atoms with E-state index in [9.17, 15) is 9.59 Å². The largest absolute Gasteiger partial charge is 0.362 e. The van der Waals surface area contributed by atoms with Gasteiger partial charge in [-0.15, -0.1) is 11.3 Å². The summed E-state index contributed by atoms with van der Waals surface area (Å²) < 4.78 is 6.94. The highest BCUT2D eigenvalue weighted by Crippen LogP contribution is 2.38. The highest BCUT2D eigenvalue weighted by molar-refractivity contribution is 7.18. The number of anilines is 2. The quantitative estimate of drug-likeness (QED) is 0.0850. The summed E-state index contributed by atoms with van der Waals surface area (Å²) in [5.74, 6) is -0.550. The van der Waals surface area contributed by atoms with Crippen LogP contribution >= 0.6 is 11.3 Å². The number of piperidine rings is 1. The summed E-state index contributed by atoms with van der Waals surface area (Å²) in [5, 5.41) is 15.0. The fourth-order valence-corrected chi connectivity index (χ4v) is 7.79. The van der Waals surface area contributed by atoms with Crippen molar-refractivity contribution in [3.63, 3.8) is 0 Å². The molecule has 44 heavy (non-hydrogen) atoms. The second-order valence-electron chi connectivity index (χ2n) is 13.5. The second-order valence-corrected chi connectivity index (χ2v) is 20.2. The number of likely N-dealkylation sites (N-methyl/N-ethyl adjacent to an activating group) is 1. The number of aromatic nitrogens is 2. The molecular formula is C32H45N7O3SSi. The molecule has 2 aromatic heterocycles. The zero-order chi connectivity index (χ0) is 31.4. The SMILES string of the molecule is C[C@H]1CCC(c2ccc3sc(C4CCN(C)C4)nc3c2)N(C(=O)C(=O)Nc2cncc(C=N)c2NCOCC[Si](C)(C)C)C1. The number of amides is 2. The van der Waals surface area contributed by atoms with E-state index in [0.717, 1.165) is 54.2 Å². The van der Waals surface area contributed by atoms with Gasteiger partial charge in [0.1, 0.15) is 6.73 Å². The Labute approximate surface area is 265 Å². The molecule has 2 aliphatic heterocycles. The van der Waals surface area contributed by atoms with Crippen LogP contribution in [0.25, 0.3) is 10.2 Å². The molecule has 3 aromatic rings. The summed E-state index contributed by atoms with van der Waals surface area (Å²) in [4.78, 5) is 40.5. The molecule has 3 N–H and O–H groups in total. The van der Waals surface area contributed by atoms with Gasteiger partial charge in [0.15, 0.2) is 0 Å². The van der Waals surface area contributed by atoms with Crippen LogP contribution in [0.1, 0.15) is 54.3 Å². The van der Waals surface area contributed by atoms with Crippen molar-refractivity contribution in [3.8, 4) is 0 Å². The molecule has 12 heteroatoms. The van der Waals surface area contributed by atoms with Crippen LogP contribution < -0.4 is 10.6 Å². The molecule has 2 saturated heterocycles. The van der Waals surface area contributed by atoms with Gasteiger partial charge in [0.2, 0.25) is 0 Å². The maximum atomic E-state index is 13.8. The first-order chi connectivity index (χ1) is 21.0. The minimum atomic E-state index is -1.22. The Morgan fingerprint density at radius 1 is 1.18 bits per heavy atom. The zero-order valence-electron chi connectivity index (χ0n) is 26.5. The number of nitrogens with one attached hydrogen (secondary N) is 3. The molecule has 3 atom stereocenters. The molecule has 0 saturated carbocycles. The molecule has 10 nitrogen and oxygen atoms in total. The summed E-state index contributed by atoms with van der Waals surface area (Å²) >= 11 is 1.76. The van der Waals surface area contributed by atoms with Crippen LogP contribution in [0.5, 0.6) is 0 Å². The van der Waals surface area contributed by atoms with Crippen LogP contribution in [-0.2, 0) is 14.3 Å². The van der Waals surface area contributed by atoms with E-state index in [2.05, 4.69) is 72.3 Å². The molecule has 2 fully saturated rings. The molecule has 5 rings (SSSR count).